The molecule has 6 heteroatoms. The summed E-state index contributed by atoms with van der Waals surface area (Å²) in [6.45, 7) is 7.10. The highest BCUT2D eigenvalue weighted by Crippen LogP contribution is 2.46. The van der Waals surface area contributed by atoms with Gasteiger partial charge in [0.25, 0.3) is 0 Å². The van der Waals surface area contributed by atoms with Crippen LogP contribution in [0, 0.1) is 11.3 Å². The number of ether oxygens (including phenoxy) is 2. The van der Waals surface area contributed by atoms with Crippen molar-refractivity contribution in [2.24, 2.45) is 11.3 Å². The third-order valence-corrected chi connectivity index (χ3v) is 7.53. The quantitative estimate of drug-likeness (QED) is 0.659. The molecule has 3 saturated heterocycles. The van der Waals surface area contributed by atoms with Crippen LogP contribution in [-0.2, 0) is 11.2 Å². The predicted octanol–water partition coefficient (Wildman–Crippen LogP) is 5.15. The maximum Gasteiger partial charge on any atom is 0.407 e. The van der Waals surface area contributed by atoms with Gasteiger partial charge in [0.05, 0.1) is 6.04 Å². The Morgan fingerprint density at radius 2 is 1.85 bits per heavy atom. The van der Waals surface area contributed by atoms with Gasteiger partial charge >= 0.3 is 6.09 Å². The van der Waals surface area contributed by atoms with Crippen molar-refractivity contribution in [3.8, 4) is 16.9 Å². The zero-order valence-corrected chi connectivity index (χ0v) is 19.5. The summed E-state index contributed by atoms with van der Waals surface area (Å²) in [7, 11) is 0. The van der Waals surface area contributed by atoms with E-state index in [9.17, 15) is 9.18 Å². The van der Waals surface area contributed by atoms with Gasteiger partial charge in [-0.2, -0.15) is 0 Å². The average molecular weight is 453 g/mol. The molecule has 2 atom stereocenters. The van der Waals surface area contributed by atoms with Crippen molar-refractivity contribution in [1.82, 2.24) is 10.2 Å². The van der Waals surface area contributed by atoms with Gasteiger partial charge in [0.15, 0.2) is 0 Å². The number of fused-ring (bicyclic) bond motifs is 4. The number of nitrogens with zero attached hydrogens (tertiary/aromatic N) is 1. The Labute approximate surface area is 195 Å². The van der Waals surface area contributed by atoms with Gasteiger partial charge in [-0.1, -0.05) is 44.2 Å². The van der Waals surface area contributed by atoms with E-state index in [2.05, 4.69) is 42.3 Å². The third kappa shape index (κ3) is 4.58. The Balaban J connectivity index is 1.28. The summed E-state index contributed by atoms with van der Waals surface area (Å²) in [6, 6.07) is 14.1. The van der Waals surface area contributed by atoms with E-state index in [1.807, 2.05) is 24.3 Å². The molecule has 176 valence electrons. The minimum atomic E-state index is -0.495. The molecular formula is C27H33FN2O3. The molecule has 2 bridgehead atoms. The van der Waals surface area contributed by atoms with Crippen molar-refractivity contribution in [3.63, 3.8) is 0 Å². The molecule has 3 fully saturated rings. The summed E-state index contributed by atoms with van der Waals surface area (Å²) >= 11 is 0. The van der Waals surface area contributed by atoms with Gasteiger partial charge in [-0.3, -0.25) is 4.90 Å². The first-order valence-electron chi connectivity index (χ1n) is 12.0. The number of piperidine rings is 3. The molecule has 3 heterocycles. The normalized spacial score (nSPS) is 27.1. The minimum absolute atomic E-state index is 0.00992. The lowest BCUT2D eigenvalue weighted by molar-refractivity contribution is -0.0348. The molecule has 5 nitrogen and oxygen atoms in total. The van der Waals surface area contributed by atoms with Gasteiger partial charge in [0.1, 0.15) is 25.1 Å². The van der Waals surface area contributed by atoms with Crippen LogP contribution in [0.1, 0.15) is 43.9 Å². The van der Waals surface area contributed by atoms with Crippen molar-refractivity contribution in [2.45, 2.75) is 45.3 Å². The lowest BCUT2D eigenvalue weighted by Crippen LogP contribution is -2.53. The third-order valence-electron chi connectivity index (χ3n) is 7.53. The number of hydrogen-bond donors (Lipinski definition) is 1. The van der Waals surface area contributed by atoms with Crippen LogP contribution in [0.2, 0.25) is 0 Å². The van der Waals surface area contributed by atoms with Crippen LogP contribution in [0.15, 0.2) is 42.5 Å². The molecule has 33 heavy (non-hydrogen) atoms. The molecular weight excluding hydrogens is 419 g/mol. The molecule has 1 amide bonds. The van der Waals surface area contributed by atoms with E-state index in [-0.39, 0.29) is 30.3 Å². The van der Waals surface area contributed by atoms with E-state index in [4.69, 9.17) is 9.47 Å². The number of benzene rings is 2. The standard InChI is InChI=1S/C27H33FN2O3/c1-27(2)16-21-15-20(18-3-6-22(7-4-18)32-14-11-28)5-8-23(21)25(27)29-26(31)33-24-17-30-12-9-19(24)10-13-30/h3-8,15,19,24-25H,9-14,16-17H2,1-2H3,(H,29,31)/t24-,25?/m0/s1. The number of nitrogens with one attached hydrogen (secondary N) is 1. The van der Waals surface area contributed by atoms with E-state index < -0.39 is 6.67 Å². The largest absolute Gasteiger partial charge is 0.491 e. The first-order chi connectivity index (χ1) is 15.9. The molecule has 6 rings (SSSR count). The molecule has 1 unspecified atom stereocenters. The number of hydrogen-bond acceptors (Lipinski definition) is 4. The van der Waals surface area contributed by atoms with Gasteiger partial charge in [-0.15, -0.1) is 0 Å². The highest BCUT2D eigenvalue weighted by atomic mass is 19.1. The Morgan fingerprint density at radius 1 is 1.12 bits per heavy atom. The molecule has 3 aliphatic heterocycles. The Morgan fingerprint density at radius 3 is 2.52 bits per heavy atom. The van der Waals surface area contributed by atoms with E-state index in [1.165, 1.54) is 5.56 Å². The number of rotatable bonds is 6. The van der Waals surface area contributed by atoms with Crippen LogP contribution >= 0.6 is 0 Å². The second-order valence-corrected chi connectivity index (χ2v) is 10.3. The first kappa shape index (κ1) is 22.2. The topological polar surface area (TPSA) is 50.8 Å². The van der Waals surface area contributed by atoms with E-state index in [0.29, 0.717) is 11.7 Å². The summed E-state index contributed by atoms with van der Waals surface area (Å²) in [4.78, 5) is 15.2. The summed E-state index contributed by atoms with van der Waals surface area (Å²) in [5.74, 6) is 1.17. The van der Waals surface area contributed by atoms with Crippen molar-refractivity contribution in [2.75, 3.05) is 32.9 Å². The Hall–Kier alpha value is -2.60. The van der Waals surface area contributed by atoms with Gasteiger partial charge in [0.2, 0.25) is 0 Å². The van der Waals surface area contributed by atoms with Crippen LogP contribution in [-0.4, -0.2) is 50.0 Å². The monoisotopic (exact) mass is 452 g/mol. The maximum absolute atomic E-state index is 12.8. The van der Waals surface area contributed by atoms with Crippen molar-refractivity contribution >= 4 is 6.09 Å². The molecule has 2 aromatic carbocycles. The van der Waals surface area contributed by atoms with E-state index in [0.717, 1.165) is 55.6 Å². The molecule has 0 saturated carbocycles. The molecule has 0 radical (unpaired) electrons. The zero-order chi connectivity index (χ0) is 23.0. The van der Waals surface area contributed by atoms with Gasteiger partial charge in [-0.05, 0) is 78.1 Å². The molecule has 2 aromatic rings. The second kappa shape index (κ2) is 8.98. The minimum Gasteiger partial charge on any atom is -0.491 e. The van der Waals surface area contributed by atoms with Crippen LogP contribution in [0.4, 0.5) is 9.18 Å². The van der Waals surface area contributed by atoms with E-state index >= 15 is 0 Å². The first-order valence-corrected chi connectivity index (χ1v) is 12.0. The van der Waals surface area contributed by atoms with Gasteiger partial charge < -0.3 is 14.8 Å². The number of carbonyl (C=O) groups is 1. The second-order valence-electron chi connectivity index (χ2n) is 10.3. The highest BCUT2D eigenvalue weighted by molar-refractivity contribution is 5.70. The van der Waals surface area contributed by atoms with Gasteiger partial charge in [0, 0.05) is 6.54 Å². The lowest BCUT2D eigenvalue weighted by Gasteiger charge is -2.44. The van der Waals surface area contributed by atoms with Crippen LogP contribution in [0.25, 0.3) is 11.1 Å². The summed E-state index contributed by atoms with van der Waals surface area (Å²) in [5, 5.41) is 3.19. The van der Waals surface area contributed by atoms with Crippen molar-refractivity contribution < 1.29 is 18.7 Å². The summed E-state index contributed by atoms with van der Waals surface area (Å²) in [5.41, 5.74) is 4.53. The molecule has 0 aromatic heterocycles. The smallest absolute Gasteiger partial charge is 0.407 e. The number of alkyl carbamates (subject to hydrolysis) is 1. The average Bonchev–Trinajstić information content (AvgIpc) is 3.07. The number of amides is 1. The van der Waals surface area contributed by atoms with Crippen LogP contribution in [0.5, 0.6) is 5.75 Å². The van der Waals surface area contributed by atoms with E-state index in [1.54, 1.807) is 0 Å². The molecule has 4 aliphatic rings. The van der Waals surface area contributed by atoms with Crippen LogP contribution in [0.3, 0.4) is 0 Å². The highest BCUT2D eigenvalue weighted by Gasteiger charge is 2.42. The molecule has 1 N–H and O–H groups in total. The summed E-state index contributed by atoms with van der Waals surface area (Å²) in [6.07, 6.45) is 2.85. The fourth-order valence-corrected chi connectivity index (χ4v) is 5.74. The van der Waals surface area contributed by atoms with Gasteiger partial charge in [-0.25, -0.2) is 9.18 Å². The SMILES string of the molecule is CC1(C)Cc2cc(-c3ccc(OCCF)cc3)ccc2C1NC(=O)O[C@H]1CN2CCC1CC2. The number of alkyl halides is 1. The fourth-order valence-electron chi connectivity index (χ4n) is 5.74. The zero-order valence-electron chi connectivity index (χ0n) is 19.5. The van der Waals surface area contributed by atoms with Crippen molar-refractivity contribution in [1.29, 1.82) is 0 Å². The predicted molar refractivity (Wildman–Crippen MR) is 126 cm³/mol. The molecule has 0 spiro atoms. The number of carbonyl (C=O) groups excluding carboxylic acids is 1. The Kier molecular flexibility index (Phi) is 6.04. The fraction of sp³-hybridized carbons (Fsp3) is 0.519. The molecule has 1 aliphatic carbocycles. The lowest BCUT2D eigenvalue weighted by atomic mass is 9.85. The van der Waals surface area contributed by atoms with Crippen LogP contribution < -0.4 is 10.1 Å². The van der Waals surface area contributed by atoms with Crippen molar-refractivity contribution in [3.05, 3.63) is 53.6 Å². The maximum atomic E-state index is 12.8. The number of halogens is 1. The Bertz CT molecular complexity index is 999. The summed E-state index contributed by atoms with van der Waals surface area (Å²) < 4.78 is 23.6.